The summed E-state index contributed by atoms with van der Waals surface area (Å²) in [4.78, 5) is 15.7. The van der Waals surface area contributed by atoms with E-state index in [0.717, 1.165) is 32.7 Å². The second kappa shape index (κ2) is 7.73. The zero-order valence-corrected chi connectivity index (χ0v) is 16.3. The molecule has 0 radical (unpaired) electrons. The number of quaternary nitrogens is 2. The van der Waals surface area contributed by atoms with Crippen molar-refractivity contribution in [1.82, 2.24) is 15.0 Å². The van der Waals surface area contributed by atoms with E-state index < -0.39 is 0 Å². The average Bonchev–Trinajstić information content (AvgIpc) is 2.77. The predicted molar refractivity (Wildman–Crippen MR) is 113 cm³/mol. The molecule has 29 heavy (non-hydrogen) atoms. The number of hydrogen-bond acceptors (Lipinski definition) is 3. The largest absolute Gasteiger partial charge is 0.322 e. The second-order valence-corrected chi connectivity index (χ2v) is 7.88. The first kappa shape index (κ1) is 18.0. The molecular formula is C23H25N5O+2. The lowest BCUT2D eigenvalue weighted by atomic mass is 10.0. The number of hydrogen-bond donors (Lipinski definition) is 2. The van der Waals surface area contributed by atoms with Crippen LogP contribution in [0.5, 0.6) is 0 Å². The molecule has 2 N–H and O–H groups in total. The SMILES string of the molecule is O=c1c2ccccc2nnn1C[NH+]1CC[NH+](Cc2cccc3ccccc23)CC1. The highest BCUT2D eigenvalue weighted by Gasteiger charge is 2.24. The van der Waals surface area contributed by atoms with Crippen molar-refractivity contribution >= 4 is 21.7 Å². The Morgan fingerprint density at radius 2 is 1.48 bits per heavy atom. The highest BCUT2D eigenvalue weighted by molar-refractivity contribution is 5.85. The summed E-state index contributed by atoms with van der Waals surface area (Å²) in [6.07, 6.45) is 0. The summed E-state index contributed by atoms with van der Waals surface area (Å²) in [6.45, 7) is 5.87. The lowest BCUT2D eigenvalue weighted by Crippen LogP contribution is -3.27. The molecule has 0 bridgehead atoms. The van der Waals surface area contributed by atoms with E-state index in [0.29, 0.717) is 17.6 Å². The van der Waals surface area contributed by atoms with Crippen molar-refractivity contribution in [3.05, 3.63) is 82.6 Å². The summed E-state index contributed by atoms with van der Waals surface area (Å²) in [5.74, 6) is 0. The highest BCUT2D eigenvalue weighted by atomic mass is 16.1. The lowest BCUT2D eigenvalue weighted by molar-refractivity contribution is -1.03. The predicted octanol–water partition coefficient (Wildman–Crippen LogP) is -0.114. The number of rotatable bonds is 4. The van der Waals surface area contributed by atoms with Crippen molar-refractivity contribution < 1.29 is 9.80 Å². The number of fused-ring (bicyclic) bond motifs is 2. The van der Waals surface area contributed by atoms with E-state index in [1.54, 1.807) is 4.90 Å². The van der Waals surface area contributed by atoms with Crippen LogP contribution in [0.4, 0.5) is 0 Å². The highest BCUT2D eigenvalue weighted by Crippen LogP contribution is 2.17. The first-order valence-electron chi connectivity index (χ1n) is 10.2. The molecule has 0 amide bonds. The summed E-state index contributed by atoms with van der Waals surface area (Å²) >= 11 is 0. The van der Waals surface area contributed by atoms with Crippen LogP contribution in [0, 0.1) is 0 Å². The quantitative estimate of drug-likeness (QED) is 0.514. The molecule has 0 atom stereocenters. The molecule has 6 heteroatoms. The standard InChI is InChI=1S/C23H23N5O/c29-23-21-10-3-4-11-22(21)24-25-28(23)17-27-14-12-26(13-15-27)16-19-8-5-7-18-6-1-2-9-20(18)19/h1-11H,12-17H2/p+2. The van der Waals surface area contributed by atoms with Crippen LogP contribution in [-0.2, 0) is 13.2 Å². The maximum atomic E-state index is 12.7. The van der Waals surface area contributed by atoms with Gasteiger partial charge in [-0.25, -0.2) is 0 Å². The number of piperazine rings is 1. The van der Waals surface area contributed by atoms with Crippen molar-refractivity contribution in [3.8, 4) is 0 Å². The van der Waals surface area contributed by atoms with Gasteiger partial charge in [0.1, 0.15) is 38.2 Å². The molecule has 0 unspecified atom stereocenters. The molecule has 1 fully saturated rings. The van der Waals surface area contributed by atoms with Gasteiger partial charge in [-0.2, -0.15) is 4.68 Å². The molecule has 5 rings (SSSR count). The van der Waals surface area contributed by atoms with E-state index in [1.807, 2.05) is 24.3 Å². The fourth-order valence-corrected chi connectivity index (χ4v) is 4.35. The summed E-state index contributed by atoms with van der Waals surface area (Å²) in [7, 11) is 0. The maximum absolute atomic E-state index is 12.7. The zero-order valence-electron chi connectivity index (χ0n) is 16.3. The summed E-state index contributed by atoms with van der Waals surface area (Å²) < 4.78 is 1.52. The minimum atomic E-state index is -0.0476. The summed E-state index contributed by atoms with van der Waals surface area (Å²) in [5.41, 5.74) is 2.03. The zero-order chi connectivity index (χ0) is 19.6. The van der Waals surface area contributed by atoms with E-state index >= 15 is 0 Å². The first-order chi connectivity index (χ1) is 14.3. The topological polar surface area (TPSA) is 56.7 Å². The van der Waals surface area contributed by atoms with Gasteiger partial charge < -0.3 is 9.80 Å². The summed E-state index contributed by atoms with van der Waals surface area (Å²) in [6, 6.07) is 22.6. The molecule has 1 aromatic heterocycles. The molecule has 0 spiro atoms. The molecule has 3 aromatic carbocycles. The van der Waals surface area contributed by atoms with Crippen LogP contribution in [0.2, 0.25) is 0 Å². The molecule has 1 saturated heterocycles. The molecule has 146 valence electrons. The smallest absolute Gasteiger partial charge is 0.282 e. The van der Waals surface area contributed by atoms with Gasteiger partial charge in [-0.15, -0.1) is 5.10 Å². The Balaban J connectivity index is 1.25. The molecule has 1 aliphatic heterocycles. The Morgan fingerprint density at radius 1 is 0.793 bits per heavy atom. The van der Waals surface area contributed by atoms with Crippen molar-refractivity contribution in [2.45, 2.75) is 13.2 Å². The third kappa shape index (κ3) is 3.64. The van der Waals surface area contributed by atoms with Crippen LogP contribution in [0.3, 0.4) is 0 Å². The average molecular weight is 387 g/mol. The Hall–Kier alpha value is -3.09. The minimum Gasteiger partial charge on any atom is -0.322 e. The lowest BCUT2D eigenvalue weighted by Gasteiger charge is -2.29. The Labute approximate surface area is 169 Å². The van der Waals surface area contributed by atoms with Crippen LogP contribution in [0.25, 0.3) is 21.7 Å². The fourth-order valence-electron chi connectivity index (χ4n) is 4.35. The molecule has 0 aliphatic carbocycles. The van der Waals surface area contributed by atoms with Crippen LogP contribution < -0.4 is 15.4 Å². The molecule has 6 nitrogen and oxygen atoms in total. The first-order valence-corrected chi connectivity index (χ1v) is 10.2. The van der Waals surface area contributed by atoms with Crippen molar-refractivity contribution in [1.29, 1.82) is 0 Å². The van der Waals surface area contributed by atoms with Crippen LogP contribution in [0.1, 0.15) is 5.56 Å². The molecule has 0 saturated carbocycles. The molecule has 1 aliphatic rings. The minimum absolute atomic E-state index is 0.0476. The Bertz CT molecular complexity index is 1210. The van der Waals surface area contributed by atoms with Gasteiger partial charge in [-0.05, 0) is 22.9 Å². The van der Waals surface area contributed by atoms with Gasteiger partial charge in [0.25, 0.3) is 5.56 Å². The van der Waals surface area contributed by atoms with Gasteiger partial charge in [0.2, 0.25) is 0 Å². The van der Waals surface area contributed by atoms with Crippen molar-refractivity contribution in [2.75, 3.05) is 26.2 Å². The van der Waals surface area contributed by atoms with E-state index in [9.17, 15) is 4.79 Å². The van der Waals surface area contributed by atoms with E-state index in [1.165, 1.54) is 25.9 Å². The van der Waals surface area contributed by atoms with Crippen LogP contribution >= 0.6 is 0 Å². The third-order valence-electron chi connectivity index (χ3n) is 5.99. The fraction of sp³-hybridized carbons (Fsp3) is 0.261. The van der Waals surface area contributed by atoms with Crippen LogP contribution in [-0.4, -0.2) is 41.2 Å². The normalized spacial score (nSPS) is 19.6. The maximum Gasteiger partial charge on any atom is 0.282 e. The second-order valence-electron chi connectivity index (χ2n) is 7.88. The van der Waals surface area contributed by atoms with Gasteiger partial charge >= 0.3 is 0 Å². The molecular weight excluding hydrogens is 362 g/mol. The van der Waals surface area contributed by atoms with Crippen LogP contribution in [0.15, 0.2) is 71.5 Å². The third-order valence-corrected chi connectivity index (χ3v) is 5.99. The monoisotopic (exact) mass is 387 g/mol. The van der Waals surface area contributed by atoms with E-state index in [-0.39, 0.29) is 5.56 Å². The van der Waals surface area contributed by atoms with E-state index in [2.05, 4.69) is 52.8 Å². The number of aromatic nitrogens is 3. The van der Waals surface area contributed by atoms with E-state index in [4.69, 9.17) is 0 Å². The van der Waals surface area contributed by atoms with Gasteiger partial charge in [-0.3, -0.25) is 4.79 Å². The molecule has 4 aromatic rings. The summed E-state index contributed by atoms with van der Waals surface area (Å²) in [5, 5.41) is 11.7. The number of benzene rings is 3. The van der Waals surface area contributed by atoms with Gasteiger partial charge in [0.15, 0.2) is 6.67 Å². The van der Waals surface area contributed by atoms with Gasteiger partial charge in [-0.1, -0.05) is 59.8 Å². The molecule has 2 heterocycles. The van der Waals surface area contributed by atoms with Crippen molar-refractivity contribution in [3.63, 3.8) is 0 Å². The number of nitrogens with zero attached hydrogens (tertiary/aromatic N) is 3. The Morgan fingerprint density at radius 3 is 2.34 bits per heavy atom. The Kier molecular flexibility index (Phi) is 4.79. The van der Waals surface area contributed by atoms with Gasteiger partial charge in [0, 0.05) is 5.56 Å². The number of nitrogens with one attached hydrogen (secondary N) is 2. The van der Waals surface area contributed by atoms with Gasteiger partial charge in [0.05, 0.1) is 5.39 Å². The van der Waals surface area contributed by atoms with Crippen molar-refractivity contribution in [2.24, 2.45) is 0 Å².